The highest BCUT2D eigenvalue weighted by molar-refractivity contribution is 8.00. The SMILES string of the molecule is CC[C@@H](C)NC(=O)[C@H](CC)N(Cc1ccc(OC)cc1)C(=O)CSc1ccc(Cl)cc1. The molecule has 7 heteroatoms. The maximum atomic E-state index is 13.2. The van der Waals surface area contributed by atoms with Crippen molar-refractivity contribution in [1.29, 1.82) is 0 Å². The number of ether oxygens (including phenoxy) is 1. The van der Waals surface area contributed by atoms with E-state index in [4.69, 9.17) is 16.3 Å². The van der Waals surface area contributed by atoms with Gasteiger partial charge in [-0.05, 0) is 61.7 Å². The molecular formula is C24H31ClN2O3S. The van der Waals surface area contributed by atoms with Crippen LogP contribution in [0.25, 0.3) is 0 Å². The molecule has 0 aliphatic rings. The van der Waals surface area contributed by atoms with E-state index >= 15 is 0 Å². The normalized spacial score (nSPS) is 12.7. The molecule has 0 heterocycles. The standard InChI is InChI=1S/C24H31ClN2O3S/c1-5-17(3)26-24(29)22(6-2)27(15-18-7-11-20(30-4)12-8-18)23(28)16-31-21-13-9-19(25)10-14-21/h7-14,17,22H,5-6,15-16H2,1-4H3,(H,26,29)/t17-,22+/m1/s1. The lowest BCUT2D eigenvalue weighted by Gasteiger charge is -2.31. The van der Waals surface area contributed by atoms with Crippen LogP contribution in [0.2, 0.25) is 5.02 Å². The Morgan fingerprint density at radius 2 is 1.71 bits per heavy atom. The van der Waals surface area contributed by atoms with Crippen LogP contribution in [-0.4, -0.2) is 41.7 Å². The van der Waals surface area contributed by atoms with Crippen LogP contribution >= 0.6 is 23.4 Å². The predicted molar refractivity (Wildman–Crippen MR) is 128 cm³/mol. The van der Waals surface area contributed by atoms with Gasteiger partial charge < -0.3 is 15.0 Å². The molecular weight excluding hydrogens is 432 g/mol. The van der Waals surface area contributed by atoms with Crippen molar-refractivity contribution in [1.82, 2.24) is 10.2 Å². The second-order valence-electron chi connectivity index (χ2n) is 7.35. The summed E-state index contributed by atoms with van der Waals surface area (Å²) in [6, 6.07) is 14.5. The molecule has 2 atom stereocenters. The van der Waals surface area contributed by atoms with E-state index in [2.05, 4.69) is 5.32 Å². The monoisotopic (exact) mass is 462 g/mol. The first-order valence-electron chi connectivity index (χ1n) is 10.5. The number of halogens is 1. The Labute approximate surface area is 194 Å². The minimum Gasteiger partial charge on any atom is -0.497 e. The van der Waals surface area contributed by atoms with Gasteiger partial charge in [-0.3, -0.25) is 9.59 Å². The average Bonchev–Trinajstić information content (AvgIpc) is 2.78. The Kier molecular flexibility index (Phi) is 10.2. The third-order valence-electron chi connectivity index (χ3n) is 5.07. The average molecular weight is 463 g/mol. The number of nitrogens with zero attached hydrogens (tertiary/aromatic N) is 1. The molecule has 1 N–H and O–H groups in total. The van der Waals surface area contributed by atoms with Gasteiger partial charge in [-0.25, -0.2) is 0 Å². The number of rotatable bonds is 11. The van der Waals surface area contributed by atoms with E-state index in [1.54, 1.807) is 24.1 Å². The van der Waals surface area contributed by atoms with Crippen LogP contribution in [0.15, 0.2) is 53.4 Å². The minimum absolute atomic E-state index is 0.0583. The molecule has 0 radical (unpaired) electrons. The molecule has 31 heavy (non-hydrogen) atoms. The second kappa shape index (κ2) is 12.6. The molecule has 0 aliphatic heterocycles. The first-order chi connectivity index (χ1) is 14.9. The van der Waals surface area contributed by atoms with E-state index in [-0.39, 0.29) is 23.6 Å². The molecule has 0 saturated carbocycles. The molecule has 2 amide bonds. The van der Waals surface area contributed by atoms with Gasteiger partial charge in [0.2, 0.25) is 11.8 Å². The van der Waals surface area contributed by atoms with Crippen molar-refractivity contribution in [3.63, 3.8) is 0 Å². The van der Waals surface area contributed by atoms with Gasteiger partial charge in [0.15, 0.2) is 0 Å². The highest BCUT2D eigenvalue weighted by Gasteiger charge is 2.29. The number of benzene rings is 2. The molecule has 0 bridgehead atoms. The number of hydrogen-bond donors (Lipinski definition) is 1. The van der Waals surface area contributed by atoms with Gasteiger partial charge in [-0.15, -0.1) is 11.8 Å². The number of amides is 2. The van der Waals surface area contributed by atoms with Crippen molar-refractivity contribution in [2.75, 3.05) is 12.9 Å². The summed E-state index contributed by atoms with van der Waals surface area (Å²) in [5.41, 5.74) is 0.945. The smallest absolute Gasteiger partial charge is 0.243 e. The fraction of sp³-hybridized carbons (Fsp3) is 0.417. The number of methoxy groups -OCH3 is 1. The van der Waals surface area contributed by atoms with Crippen LogP contribution in [-0.2, 0) is 16.1 Å². The zero-order chi connectivity index (χ0) is 22.8. The quantitative estimate of drug-likeness (QED) is 0.468. The minimum atomic E-state index is -0.533. The van der Waals surface area contributed by atoms with Crippen LogP contribution in [0, 0.1) is 0 Å². The van der Waals surface area contributed by atoms with Crippen molar-refractivity contribution in [2.45, 2.75) is 57.1 Å². The topological polar surface area (TPSA) is 58.6 Å². The Morgan fingerprint density at radius 1 is 1.06 bits per heavy atom. The summed E-state index contributed by atoms with van der Waals surface area (Å²) in [4.78, 5) is 28.8. The fourth-order valence-electron chi connectivity index (χ4n) is 3.05. The van der Waals surface area contributed by atoms with Crippen molar-refractivity contribution in [3.05, 3.63) is 59.1 Å². The summed E-state index contributed by atoms with van der Waals surface area (Å²) >= 11 is 7.39. The summed E-state index contributed by atoms with van der Waals surface area (Å²) in [6.07, 6.45) is 1.37. The van der Waals surface area contributed by atoms with E-state index < -0.39 is 6.04 Å². The molecule has 2 aromatic rings. The van der Waals surface area contributed by atoms with Gasteiger partial charge in [0.05, 0.1) is 12.9 Å². The lowest BCUT2D eigenvalue weighted by Crippen LogP contribution is -2.51. The first-order valence-corrected chi connectivity index (χ1v) is 11.8. The third-order valence-corrected chi connectivity index (χ3v) is 6.32. The molecule has 2 rings (SSSR count). The molecule has 2 aromatic carbocycles. The summed E-state index contributed by atoms with van der Waals surface area (Å²) in [5.74, 6) is 0.795. The molecule has 0 aliphatic carbocycles. The Bertz CT molecular complexity index is 843. The lowest BCUT2D eigenvalue weighted by molar-refractivity contribution is -0.139. The second-order valence-corrected chi connectivity index (χ2v) is 8.84. The van der Waals surface area contributed by atoms with Gasteiger partial charge in [0.25, 0.3) is 0 Å². The Morgan fingerprint density at radius 3 is 2.26 bits per heavy atom. The molecule has 0 saturated heterocycles. The predicted octanol–water partition coefficient (Wildman–Crippen LogP) is 5.16. The van der Waals surface area contributed by atoms with Crippen LogP contribution < -0.4 is 10.1 Å². The van der Waals surface area contributed by atoms with Gasteiger partial charge >= 0.3 is 0 Å². The van der Waals surface area contributed by atoms with E-state index in [0.717, 1.165) is 22.6 Å². The van der Waals surface area contributed by atoms with Gasteiger partial charge in [0.1, 0.15) is 11.8 Å². The fourth-order valence-corrected chi connectivity index (χ4v) is 3.96. The molecule has 0 aromatic heterocycles. The Hall–Kier alpha value is -2.18. The zero-order valence-electron chi connectivity index (χ0n) is 18.6. The molecule has 0 fully saturated rings. The number of nitrogens with one attached hydrogen (secondary N) is 1. The maximum Gasteiger partial charge on any atom is 0.243 e. The van der Waals surface area contributed by atoms with E-state index in [9.17, 15) is 9.59 Å². The van der Waals surface area contributed by atoms with Gasteiger partial charge in [-0.2, -0.15) is 0 Å². The van der Waals surface area contributed by atoms with Gasteiger partial charge in [-0.1, -0.05) is 37.6 Å². The summed E-state index contributed by atoms with van der Waals surface area (Å²) in [5, 5.41) is 3.68. The largest absolute Gasteiger partial charge is 0.497 e. The van der Waals surface area contributed by atoms with Crippen molar-refractivity contribution in [2.24, 2.45) is 0 Å². The molecule has 168 valence electrons. The van der Waals surface area contributed by atoms with Crippen LogP contribution in [0.4, 0.5) is 0 Å². The molecule has 5 nitrogen and oxygen atoms in total. The van der Waals surface area contributed by atoms with Crippen LogP contribution in [0.5, 0.6) is 5.75 Å². The van der Waals surface area contributed by atoms with E-state index in [0.29, 0.717) is 18.0 Å². The van der Waals surface area contributed by atoms with Crippen molar-refractivity contribution >= 4 is 35.2 Å². The maximum absolute atomic E-state index is 13.2. The highest BCUT2D eigenvalue weighted by Crippen LogP contribution is 2.23. The number of hydrogen-bond acceptors (Lipinski definition) is 4. The van der Waals surface area contributed by atoms with E-state index in [1.165, 1.54) is 11.8 Å². The molecule has 0 unspecified atom stereocenters. The molecule has 0 spiro atoms. The summed E-state index contributed by atoms with van der Waals surface area (Å²) in [7, 11) is 1.62. The lowest BCUT2D eigenvalue weighted by atomic mass is 10.1. The van der Waals surface area contributed by atoms with Crippen molar-refractivity contribution in [3.8, 4) is 5.75 Å². The van der Waals surface area contributed by atoms with E-state index in [1.807, 2.05) is 57.2 Å². The summed E-state index contributed by atoms with van der Waals surface area (Å²) in [6.45, 7) is 6.28. The van der Waals surface area contributed by atoms with Gasteiger partial charge in [0, 0.05) is 22.5 Å². The highest BCUT2D eigenvalue weighted by atomic mass is 35.5. The number of carbonyl (C=O) groups is 2. The third kappa shape index (κ3) is 7.78. The zero-order valence-corrected chi connectivity index (χ0v) is 20.1. The van der Waals surface area contributed by atoms with Crippen LogP contribution in [0.1, 0.15) is 39.2 Å². The summed E-state index contributed by atoms with van der Waals surface area (Å²) < 4.78 is 5.22. The Balaban J connectivity index is 2.20. The van der Waals surface area contributed by atoms with Crippen molar-refractivity contribution < 1.29 is 14.3 Å². The van der Waals surface area contributed by atoms with Crippen LogP contribution in [0.3, 0.4) is 0 Å². The first kappa shape index (κ1) is 25.1. The number of carbonyl (C=O) groups excluding carboxylic acids is 2. The number of thioether (sulfide) groups is 1.